The first-order chi connectivity index (χ1) is 8.47. The minimum atomic E-state index is -0.552. The molecule has 1 aromatic carbocycles. The van der Waals surface area contributed by atoms with Gasteiger partial charge in [0.1, 0.15) is 11.9 Å². The Morgan fingerprint density at radius 2 is 2.17 bits per heavy atom. The van der Waals surface area contributed by atoms with Gasteiger partial charge < -0.3 is 10.5 Å². The van der Waals surface area contributed by atoms with Crippen LogP contribution >= 0.6 is 0 Å². The minimum Gasteiger partial charge on any atom is -0.398 e. The summed E-state index contributed by atoms with van der Waals surface area (Å²) in [6.07, 6.45) is 1.37. The molecular formula is C14H20FNO2. The van der Waals surface area contributed by atoms with Crippen LogP contribution in [0.3, 0.4) is 0 Å². The van der Waals surface area contributed by atoms with Crippen LogP contribution in [0.25, 0.3) is 0 Å². The predicted octanol–water partition coefficient (Wildman–Crippen LogP) is 3.10. The van der Waals surface area contributed by atoms with Crippen molar-refractivity contribution in [3.63, 3.8) is 0 Å². The van der Waals surface area contributed by atoms with Gasteiger partial charge in [0.2, 0.25) is 0 Å². The number of benzene rings is 1. The molecule has 1 atom stereocenters. The molecule has 0 heterocycles. The van der Waals surface area contributed by atoms with Gasteiger partial charge in [-0.15, -0.1) is 0 Å². The Bertz CT molecular complexity index is 432. The molecule has 0 unspecified atom stereocenters. The van der Waals surface area contributed by atoms with Crippen molar-refractivity contribution in [3.8, 4) is 0 Å². The third-order valence-corrected chi connectivity index (χ3v) is 2.83. The molecule has 0 fully saturated rings. The van der Waals surface area contributed by atoms with Crippen LogP contribution in [0.2, 0.25) is 0 Å². The highest BCUT2D eigenvalue weighted by atomic mass is 19.1. The molecule has 2 N–H and O–H groups in total. The summed E-state index contributed by atoms with van der Waals surface area (Å²) in [4.78, 5) is 12.1. The van der Waals surface area contributed by atoms with Crippen LogP contribution in [0.1, 0.15) is 42.6 Å². The van der Waals surface area contributed by atoms with Gasteiger partial charge in [0.05, 0.1) is 0 Å². The molecule has 0 amide bonds. The van der Waals surface area contributed by atoms with Gasteiger partial charge in [0.25, 0.3) is 0 Å². The average Bonchev–Trinajstić information content (AvgIpc) is 2.33. The number of carbonyl (C=O) groups is 1. The molecule has 0 aliphatic heterocycles. The van der Waals surface area contributed by atoms with Gasteiger partial charge in [-0.05, 0) is 38.0 Å². The fourth-order valence-corrected chi connectivity index (χ4v) is 1.61. The number of ether oxygens (including phenoxy) is 1. The first kappa shape index (κ1) is 14.6. The van der Waals surface area contributed by atoms with Gasteiger partial charge >= 0.3 is 0 Å². The lowest BCUT2D eigenvalue weighted by Gasteiger charge is -2.14. The minimum absolute atomic E-state index is 0.161. The van der Waals surface area contributed by atoms with Crippen LogP contribution in [-0.2, 0) is 4.74 Å². The zero-order valence-electron chi connectivity index (χ0n) is 11.1. The smallest absolute Gasteiger partial charge is 0.193 e. The van der Waals surface area contributed by atoms with Crippen molar-refractivity contribution in [1.29, 1.82) is 0 Å². The number of rotatable bonds is 6. The monoisotopic (exact) mass is 253 g/mol. The van der Waals surface area contributed by atoms with Gasteiger partial charge in [-0.2, -0.15) is 0 Å². The number of Topliss-reactive ketones (excluding diaryl/α,β-unsaturated/α-hetero) is 1. The summed E-state index contributed by atoms with van der Waals surface area (Å²) in [6.45, 7) is 5.89. The molecule has 0 spiro atoms. The Labute approximate surface area is 107 Å². The second-order valence-corrected chi connectivity index (χ2v) is 4.42. The molecule has 1 aromatic rings. The standard InChI is InChI=1S/C14H20FNO2/c1-4-5-6-18-10(3)14(17)11-7-9(2)12(15)8-13(11)16/h7-8,10H,4-6,16H2,1-3H3/t10-/m0/s1. The van der Waals surface area contributed by atoms with Crippen LogP contribution in [0.15, 0.2) is 12.1 Å². The Morgan fingerprint density at radius 3 is 2.78 bits per heavy atom. The Balaban J connectivity index is 2.80. The summed E-state index contributed by atoms with van der Waals surface area (Å²) in [5.41, 5.74) is 6.57. The normalized spacial score (nSPS) is 12.4. The number of ketones is 1. The van der Waals surface area contributed by atoms with Gasteiger partial charge in [-0.3, -0.25) is 4.79 Å². The Kier molecular flexibility index (Phi) is 5.28. The summed E-state index contributed by atoms with van der Waals surface area (Å²) in [5.74, 6) is -0.602. The Hall–Kier alpha value is -1.42. The molecule has 1 rings (SSSR count). The molecule has 0 aliphatic carbocycles. The Morgan fingerprint density at radius 1 is 1.50 bits per heavy atom. The first-order valence-corrected chi connectivity index (χ1v) is 6.18. The molecule has 0 aliphatic rings. The number of hydrogen-bond acceptors (Lipinski definition) is 3. The zero-order chi connectivity index (χ0) is 13.7. The van der Waals surface area contributed by atoms with Crippen molar-refractivity contribution in [2.24, 2.45) is 0 Å². The average molecular weight is 253 g/mol. The summed E-state index contributed by atoms with van der Waals surface area (Å²) >= 11 is 0. The van der Waals surface area contributed by atoms with Crippen molar-refractivity contribution >= 4 is 11.5 Å². The van der Waals surface area contributed by atoms with Crippen LogP contribution in [0.4, 0.5) is 10.1 Å². The number of carbonyl (C=O) groups excluding carboxylic acids is 1. The number of aryl methyl sites for hydroxylation is 1. The van der Waals surface area contributed by atoms with Gasteiger partial charge in [0, 0.05) is 17.9 Å². The zero-order valence-corrected chi connectivity index (χ0v) is 11.1. The maximum Gasteiger partial charge on any atom is 0.193 e. The van der Waals surface area contributed by atoms with Gasteiger partial charge in [0.15, 0.2) is 5.78 Å². The molecule has 0 bridgehead atoms. The van der Waals surface area contributed by atoms with Crippen molar-refractivity contribution < 1.29 is 13.9 Å². The topological polar surface area (TPSA) is 52.3 Å². The highest BCUT2D eigenvalue weighted by Crippen LogP contribution is 2.19. The summed E-state index contributed by atoms with van der Waals surface area (Å²) in [6, 6.07) is 2.66. The van der Waals surface area contributed by atoms with E-state index in [1.54, 1.807) is 13.8 Å². The van der Waals surface area contributed by atoms with E-state index in [0.717, 1.165) is 12.8 Å². The van der Waals surface area contributed by atoms with Gasteiger partial charge in [-0.25, -0.2) is 4.39 Å². The van der Waals surface area contributed by atoms with Crippen molar-refractivity contribution in [2.45, 2.75) is 39.7 Å². The lowest BCUT2D eigenvalue weighted by atomic mass is 10.0. The molecule has 4 heteroatoms. The fraction of sp³-hybridized carbons (Fsp3) is 0.500. The van der Waals surface area contributed by atoms with Crippen LogP contribution in [-0.4, -0.2) is 18.5 Å². The van der Waals surface area contributed by atoms with E-state index in [1.807, 2.05) is 0 Å². The second kappa shape index (κ2) is 6.50. The molecule has 3 nitrogen and oxygen atoms in total. The summed E-state index contributed by atoms with van der Waals surface area (Å²) in [5, 5.41) is 0. The number of nitrogens with two attached hydrogens (primary N) is 1. The lowest BCUT2D eigenvalue weighted by Crippen LogP contribution is -2.22. The SMILES string of the molecule is CCCCO[C@@H](C)C(=O)c1cc(C)c(F)cc1N. The molecule has 0 radical (unpaired) electrons. The van der Waals surface area contributed by atoms with Crippen LogP contribution in [0, 0.1) is 12.7 Å². The lowest BCUT2D eigenvalue weighted by molar-refractivity contribution is 0.0468. The highest BCUT2D eigenvalue weighted by molar-refractivity contribution is 6.03. The number of unbranched alkanes of at least 4 members (excludes halogenated alkanes) is 1. The van der Waals surface area contributed by atoms with E-state index in [0.29, 0.717) is 17.7 Å². The quantitative estimate of drug-likeness (QED) is 0.481. The van der Waals surface area contributed by atoms with Crippen molar-refractivity contribution in [3.05, 3.63) is 29.1 Å². The van der Waals surface area contributed by atoms with Crippen molar-refractivity contribution in [2.75, 3.05) is 12.3 Å². The molecular weight excluding hydrogens is 233 g/mol. The van der Waals surface area contributed by atoms with Crippen molar-refractivity contribution in [1.82, 2.24) is 0 Å². The number of halogens is 1. The first-order valence-electron chi connectivity index (χ1n) is 6.18. The molecule has 18 heavy (non-hydrogen) atoms. The van der Waals surface area contributed by atoms with E-state index in [1.165, 1.54) is 12.1 Å². The predicted molar refractivity (Wildman–Crippen MR) is 70.2 cm³/mol. The maximum atomic E-state index is 13.2. The van der Waals surface area contributed by atoms with E-state index < -0.39 is 11.9 Å². The highest BCUT2D eigenvalue weighted by Gasteiger charge is 2.19. The molecule has 0 aromatic heterocycles. The summed E-state index contributed by atoms with van der Waals surface area (Å²) < 4.78 is 18.7. The number of nitrogen functional groups attached to an aromatic ring is 1. The maximum absolute atomic E-state index is 13.2. The largest absolute Gasteiger partial charge is 0.398 e. The molecule has 100 valence electrons. The number of anilines is 1. The molecule has 0 saturated heterocycles. The van der Waals surface area contributed by atoms with E-state index >= 15 is 0 Å². The third kappa shape index (κ3) is 3.53. The van der Waals surface area contributed by atoms with Crippen LogP contribution < -0.4 is 5.73 Å². The number of hydrogen-bond donors (Lipinski definition) is 1. The molecule has 0 saturated carbocycles. The summed E-state index contributed by atoms with van der Waals surface area (Å²) in [7, 11) is 0. The van der Waals surface area contributed by atoms with Crippen LogP contribution in [0.5, 0.6) is 0 Å². The fourth-order valence-electron chi connectivity index (χ4n) is 1.61. The van der Waals surface area contributed by atoms with Gasteiger partial charge in [-0.1, -0.05) is 13.3 Å². The van der Waals surface area contributed by atoms with E-state index in [-0.39, 0.29) is 11.5 Å². The van der Waals surface area contributed by atoms with E-state index in [9.17, 15) is 9.18 Å². The van der Waals surface area contributed by atoms with E-state index in [2.05, 4.69) is 6.92 Å². The second-order valence-electron chi connectivity index (χ2n) is 4.42. The van der Waals surface area contributed by atoms with E-state index in [4.69, 9.17) is 10.5 Å². The third-order valence-electron chi connectivity index (χ3n) is 2.83.